The Morgan fingerprint density at radius 2 is 1.63 bits per heavy atom. The molecular formula is C41H71NO4. The molecule has 0 aliphatic heterocycles. The van der Waals surface area contributed by atoms with E-state index in [2.05, 4.69) is 98.8 Å². The Morgan fingerprint density at radius 1 is 1.02 bits per heavy atom. The Kier molecular flexibility index (Phi) is 17.8. The van der Waals surface area contributed by atoms with Crippen molar-refractivity contribution in [2.75, 3.05) is 0 Å². The Balaban J connectivity index is 0.00000661. The van der Waals surface area contributed by atoms with Crippen molar-refractivity contribution in [1.82, 2.24) is 5.32 Å². The van der Waals surface area contributed by atoms with Crippen molar-refractivity contribution in [1.29, 1.82) is 0 Å². The molecule has 2 saturated carbocycles. The number of ether oxygens (including phenoxy) is 1. The first-order valence-electron chi connectivity index (χ1n) is 17.5. The highest BCUT2D eigenvalue weighted by atomic mass is 16.5. The molecule has 0 amide bonds. The lowest BCUT2D eigenvalue weighted by Crippen LogP contribution is -2.50. The summed E-state index contributed by atoms with van der Waals surface area (Å²) in [5, 5.41) is 3.39. The maximum absolute atomic E-state index is 14.3. The normalized spacial score (nSPS) is 23.4. The Bertz CT molecular complexity index is 1040. The van der Waals surface area contributed by atoms with Crippen LogP contribution in [0, 0.1) is 46.3 Å². The van der Waals surface area contributed by atoms with Crippen LogP contribution in [0.4, 0.5) is 0 Å². The largest absolute Gasteiger partial charge is 0.474 e. The van der Waals surface area contributed by atoms with E-state index < -0.39 is 0 Å². The van der Waals surface area contributed by atoms with Gasteiger partial charge in [0, 0.05) is 18.3 Å². The van der Waals surface area contributed by atoms with Crippen molar-refractivity contribution in [2.24, 2.45) is 46.3 Å². The topological polar surface area (TPSA) is 86.9 Å². The summed E-state index contributed by atoms with van der Waals surface area (Å²) in [5.41, 5.74) is 0.755. The standard InChI is InChI=1S/C39H65NO3.C2H4.H2O/c1-14-16-21-29(27(4)33(41)22-18-17-20-26(3)19-15-2)23-24-30-31(25-32-34(30)39(32,12)13)35(42)36(37(6,7)8)40-28(5)43-38(9,10)11;1-2;/h14,17,20,27,29-32,34,36,40H,1,3,5,15-16,18-19,21-25H2,2,4,6-13H3;1-2H2;1H2/b20-17+;;/t27?,29?,30-,31?,32?,34-,36?;;/m0../s1. The van der Waals surface area contributed by atoms with Crippen LogP contribution in [0.25, 0.3) is 0 Å². The number of nitrogens with one attached hydrogen (secondary N) is 1. The van der Waals surface area contributed by atoms with Gasteiger partial charge in [0.05, 0.1) is 6.04 Å². The van der Waals surface area contributed by atoms with Crippen LogP contribution in [0.1, 0.15) is 127 Å². The average molecular weight is 642 g/mol. The maximum atomic E-state index is 14.3. The predicted octanol–water partition coefficient (Wildman–Crippen LogP) is 9.99. The quantitative estimate of drug-likeness (QED) is 0.0864. The van der Waals surface area contributed by atoms with Crippen molar-refractivity contribution in [2.45, 2.75) is 139 Å². The Morgan fingerprint density at radius 3 is 2.15 bits per heavy atom. The van der Waals surface area contributed by atoms with Crippen LogP contribution in [0.5, 0.6) is 0 Å². The van der Waals surface area contributed by atoms with E-state index >= 15 is 0 Å². The van der Waals surface area contributed by atoms with Crippen LogP contribution in [0.2, 0.25) is 0 Å². The monoisotopic (exact) mass is 642 g/mol. The van der Waals surface area contributed by atoms with E-state index in [0.29, 0.717) is 47.5 Å². The van der Waals surface area contributed by atoms with E-state index in [-0.39, 0.29) is 39.8 Å². The molecule has 0 aromatic heterocycles. The van der Waals surface area contributed by atoms with Crippen LogP contribution in [-0.4, -0.2) is 28.7 Å². The summed E-state index contributed by atoms with van der Waals surface area (Å²) in [6, 6.07) is -0.367. The summed E-state index contributed by atoms with van der Waals surface area (Å²) < 4.78 is 5.98. The minimum absolute atomic E-state index is 0. The van der Waals surface area contributed by atoms with Gasteiger partial charge in [0.1, 0.15) is 11.4 Å². The predicted molar refractivity (Wildman–Crippen MR) is 197 cm³/mol. The molecule has 7 atom stereocenters. The molecule has 5 heteroatoms. The number of fused-ring (bicyclic) bond motifs is 1. The van der Waals surface area contributed by atoms with Crippen molar-refractivity contribution in [3.05, 3.63) is 62.6 Å². The lowest BCUT2D eigenvalue weighted by atomic mass is 9.71. The van der Waals surface area contributed by atoms with Crippen LogP contribution in [0.15, 0.2) is 62.6 Å². The van der Waals surface area contributed by atoms with Gasteiger partial charge in [-0.05, 0) is 107 Å². The zero-order valence-electron chi connectivity index (χ0n) is 31.4. The number of carbonyl (C=O) groups is 2. The zero-order valence-corrected chi connectivity index (χ0v) is 31.4. The summed E-state index contributed by atoms with van der Waals surface area (Å²) in [6.07, 6.45) is 14.4. The summed E-state index contributed by atoms with van der Waals surface area (Å²) in [4.78, 5) is 27.6. The molecule has 5 unspecified atom stereocenters. The van der Waals surface area contributed by atoms with Crippen LogP contribution in [0.3, 0.4) is 0 Å². The smallest absolute Gasteiger partial charge is 0.180 e. The first-order valence-corrected chi connectivity index (χ1v) is 17.5. The highest BCUT2D eigenvalue weighted by molar-refractivity contribution is 5.88. The minimum atomic E-state index is -0.383. The van der Waals surface area contributed by atoms with E-state index in [1.165, 1.54) is 0 Å². The zero-order chi connectivity index (χ0) is 34.8. The SMILES string of the molecule is C=C.C=CCCC(CC[C@H]1C(C(=O)C(NC(=C)OC(C)(C)C)C(C)(C)C)CC2[C@H]1C2(C)C)C(C)C(=O)CC/C=C/C(=C)CCC.O. The molecule has 2 aliphatic rings. The highest BCUT2D eigenvalue weighted by Gasteiger charge is 2.68. The molecule has 0 radical (unpaired) electrons. The molecule has 2 aliphatic carbocycles. The summed E-state index contributed by atoms with van der Waals surface area (Å²) in [6.45, 7) is 39.5. The van der Waals surface area contributed by atoms with Crippen molar-refractivity contribution >= 4 is 11.6 Å². The number of carbonyl (C=O) groups excluding carboxylic acids is 2. The highest BCUT2D eigenvalue weighted by Crippen LogP contribution is 2.71. The van der Waals surface area contributed by atoms with Gasteiger partial charge in [-0.1, -0.05) is 85.3 Å². The number of allylic oxidation sites excluding steroid dienone is 4. The van der Waals surface area contributed by atoms with Crippen LogP contribution < -0.4 is 5.32 Å². The van der Waals surface area contributed by atoms with Crippen LogP contribution in [-0.2, 0) is 14.3 Å². The van der Waals surface area contributed by atoms with Gasteiger partial charge in [0.15, 0.2) is 11.7 Å². The molecule has 0 bridgehead atoms. The Hall–Kier alpha value is -2.40. The molecule has 46 heavy (non-hydrogen) atoms. The summed E-state index contributed by atoms with van der Waals surface area (Å²) in [5.74, 6) is 2.95. The van der Waals surface area contributed by atoms with Crippen molar-refractivity contribution in [3.8, 4) is 0 Å². The molecule has 0 aromatic carbocycles. The molecule has 0 heterocycles. The van der Waals surface area contributed by atoms with Crippen LogP contribution >= 0.6 is 0 Å². The second kappa shape index (κ2) is 18.8. The molecular weight excluding hydrogens is 570 g/mol. The van der Waals surface area contributed by atoms with Gasteiger partial charge >= 0.3 is 0 Å². The van der Waals surface area contributed by atoms with Gasteiger partial charge in [-0.3, -0.25) is 9.59 Å². The fraction of sp³-hybridized carbons (Fsp3) is 0.707. The number of hydrogen-bond acceptors (Lipinski definition) is 4. The molecule has 2 fully saturated rings. The molecule has 2 rings (SSSR count). The average Bonchev–Trinajstić information content (AvgIpc) is 3.25. The first kappa shape index (κ1) is 43.6. The first-order chi connectivity index (χ1) is 20.8. The molecule has 0 aromatic rings. The molecule has 3 N–H and O–H groups in total. The third-order valence-electron chi connectivity index (χ3n) is 10.2. The molecule has 264 valence electrons. The lowest BCUT2D eigenvalue weighted by Gasteiger charge is -2.37. The van der Waals surface area contributed by atoms with Gasteiger partial charge < -0.3 is 15.5 Å². The second-order valence-electron chi connectivity index (χ2n) is 16.3. The van der Waals surface area contributed by atoms with Crippen molar-refractivity contribution < 1.29 is 19.8 Å². The number of ketones is 2. The third kappa shape index (κ3) is 12.7. The van der Waals surface area contributed by atoms with E-state index in [9.17, 15) is 9.59 Å². The molecule has 0 spiro atoms. The van der Waals surface area contributed by atoms with Gasteiger partial charge in [0.2, 0.25) is 0 Å². The number of rotatable bonds is 19. The maximum Gasteiger partial charge on any atom is 0.180 e. The van der Waals surface area contributed by atoms with Crippen molar-refractivity contribution in [3.63, 3.8) is 0 Å². The van der Waals surface area contributed by atoms with Gasteiger partial charge in [-0.2, -0.15) is 0 Å². The van der Waals surface area contributed by atoms with Gasteiger partial charge in [-0.25, -0.2) is 0 Å². The summed E-state index contributed by atoms with van der Waals surface area (Å²) >= 11 is 0. The number of hydrogen-bond donors (Lipinski definition) is 1. The van der Waals surface area contributed by atoms with E-state index in [1.54, 1.807) is 0 Å². The third-order valence-corrected chi connectivity index (χ3v) is 10.2. The van der Waals surface area contributed by atoms with E-state index in [4.69, 9.17) is 4.74 Å². The second-order valence-corrected chi connectivity index (χ2v) is 16.3. The lowest BCUT2D eigenvalue weighted by molar-refractivity contribution is -0.130. The fourth-order valence-corrected chi connectivity index (χ4v) is 7.74. The number of Topliss-reactive ketones (excluding diaryl/α,β-unsaturated/α-hetero) is 2. The van der Waals surface area contributed by atoms with Gasteiger partial charge in [-0.15, -0.1) is 19.7 Å². The molecule has 0 saturated heterocycles. The Labute approximate surface area is 283 Å². The van der Waals surface area contributed by atoms with Gasteiger partial charge in [0.25, 0.3) is 0 Å². The fourth-order valence-electron chi connectivity index (χ4n) is 7.74. The molecule has 5 nitrogen and oxygen atoms in total. The summed E-state index contributed by atoms with van der Waals surface area (Å²) in [7, 11) is 0. The van der Waals surface area contributed by atoms with E-state index in [1.807, 2.05) is 26.8 Å². The minimum Gasteiger partial charge on any atom is -0.474 e. The van der Waals surface area contributed by atoms with E-state index in [0.717, 1.165) is 56.9 Å².